The predicted molar refractivity (Wildman–Crippen MR) is 288 cm³/mol. The largest absolute Gasteiger partial charge is 0.462 e. The maximum atomic E-state index is 12.8. The quantitative estimate of drug-likeness (QED) is 0.0262. The molecule has 0 rings (SSSR count). The second kappa shape index (κ2) is 55.4. The molecule has 0 bridgehead atoms. The van der Waals surface area contributed by atoms with Gasteiger partial charge in [-0.25, -0.2) is 0 Å². The second-order valence-electron chi connectivity index (χ2n) is 18.8. The zero-order valence-electron chi connectivity index (χ0n) is 44.2. The van der Waals surface area contributed by atoms with E-state index < -0.39 is 6.10 Å². The molecule has 0 saturated carbocycles. The van der Waals surface area contributed by atoms with Crippen molar-refractivity contribution in [2.75, 3.05) is 13.2 Å². The molecule has 0 spiro atoms. The fourth-order valence-electron chi connectivity index (χ4n) is 7.84. The van der Waals surface area contributed by atoms with Gasteiger partial charge >= 0.3 is 17.9 Å². The maximum absolute atomic E-state index is 12.8. The number of hydrogen-bond acceptors (Lipinski definition) is 6. The summed E-state index contributed by atoms with van der Waals surface area (Å²) < 4.78 is 16.8. The topological polar surface area (TPSA) is 78.9 Å². The van der Waals surface area contributed by atoms with Crippen molar-refractivity contribution >= 4 is 17.9 Å². The van der Waals surface area contributed by atoms with Gasteiger partial charge in [0, 0.05) is 19.3 Å². The van der Waals surface area contributed by atoms with Gasteiger partial charge in [-0.2, -0.15) is 0 Å². The highest BCUT2D eigenvalue weighted by Gasteiger charge is 2.19. The van der Waals surface area contributed by atoms with Crippen molar-refractivity contribution in [1.82, 2.24) is 0 Å². The van der Waals surface area contributed by atoms with Gasteiger partial charge in [0.2, 0.25) is 0 Å². The van der Waals surface area contributed by atoms with Crippen molar-refractivity contribution in [2.45, 2.75) is 284 Å². The van der Waals surface area contributed by atoms with Crippen molar-refractivity contribution in [3.8, 4) is 0 Å². The Labute approximate surface area is 414 Å². The van der Waals surface area contributed by atoms with E-state index in [1.807, 2.05) is 0 Å². The van der Waals surface area contributed by atoms with Gasteiger partial charge < -0.3 is 14.2 Å². The Hall–Kier alpha value is -3.15. The van der Waals surface area contributed by atoms with Crippen LogP contribution in [0.3, 0.4) is 0 Å². The van der Waals surface area contributed by atoms with Crippen LogP contribution in [0.2, 0.25) is 0 Å². The summed E-state index contributed by atoms with van der Waals surface area (Å²) in [7, 11) is 0. The molecule has 6 nitrogen and oxygen atoms in total. The van der Waals surface area contributed by atoms with E-state index >= 15 is 0 Å². The lowest BCUT2D eigenvalue weighted by Crippen LogP contribution is -2.30. The molecular weight excluding hydrogens is 829 g/mol. The first-order chi connectivity index (χ1) is 33.0. The highest BCUT2D eigenvalue weighted by Crippen LogP contribution is 2.14. The summed E-state index contributed by atoms with van der Waals surface area (Å²) in [5, 5.41) is 0. The highest BCUT2D eigenvalue weighted by atomic mass is 16.6. The van der Waals surface area contributed by atoms with E-state index in [-0.39, 0.29) is 37.5 Å². The third-order valence-corrected chi connectivity index (χ3v) is 12.2. The summed E-state index contributed by atoms with van der Waals surface area (Å²) in [4.78, 5) is 38.1. The monoisotopic (exact) mass is 935 g/mol. The van der Waals surface area contributed by atoms with Gasteiger partial charge in [-0.1, -0.05) is 222 Å². The molecule has 0 aliphatic heterocycles. The Morgan fingerprint density at radius 3 is 0.955 bits per heavy atom. The summed E-state index contributed by atoms with van der Waals surface area (Å²) >= 11 is 0. The maximum Gasteiger partial charge on any atom is 0.306 e. The van der Waals surface area contributed by atoms with Crippen LogP contribution in [0.15, 0.2) is 72.9 Å². The first kappa shape index (κ1) is 63.8. The summed E-state index contributed by atoms with van der Waals surface area (Å²) in [6.07, 6.45) is 70.4. The average molecular weight is 936 g/mol. The molecule has 0 saturated heterocycles. The summed E-state index contributed by atoms with van der Waals surface area (Å²) in [5.41, 5.74) is 0. The number of carbonyl (C=O) groups is 3. The summed E-state index contributed by atoms with van der Waals surface area (Å²) in [5.74, 6) is -0.957. The van der Waals surface area contributed by atoms with Crippen LogP contribution in [-0.2, 0) is 28.6 Å². The van der Waals surface area contributed by atoms with Crippen molar-refractivity contribution in [3.63, 3.8) is 0 Å². The minimum atomic E-state index is -0.801. The highest BCUT2D eigenvalue weighted by molar-refractivity contribution is 5.71. The smallest absolute Gasteiger partial charge is 0.306 e. The fourth-order valence-corrected chi connectivity index (χ4v) is 7.84. The Morgan fingerprint density at radius 1 is 0.299 bits per heavy atom. The molecular formula is C61H106O6. The number of rotatable bonds is 51. The molecule has 0 aliphatic carbocycles. The lowest BCUT2D eigenvalue weighted by atomic mass is 10.1. The third kappa shape index (κ3) is 53.7. The van der Waals surface area contributed by atoms with Gasteiger partial charge in [0.25, 0.3) is 0 Å². The van der Waals surface area contributed by atoms with Crippen molar-refractivity contribution in [1.29, 1.82) is 0 Å². The molecule has 0 unspecified atom stereocenters. The molecule has 1 atom stereocenters. The van der Waals surface area contributed by atoms with Crippen LogP contribution >= 0.6 is 0 Å². The van der Waals surface area contributed by atoms with E-state index in [2.05, 4.69) is 93.7 Å². The number of hydrogen-bond donors (Lipinski definition) is 0. The molecule has 386 valence electrons. The van der Waals surface area contributed by atoms with Crippen LogP contribution in [0.1, 0.15) is 278 Å². The molecule has 0 aromatic heterocycles. The van der Waals surface area contributed by atoms with E-state index in [1.165, 1.54) is 154 Å². The standard InChI is InChI=1S/C61H106O6/c1-4-7-10-13-16-19-22-25-27-29-30-32-34-37-39-42-45-48-51-54-60(63)66-57-58(67-61(64)55-52-49-46-43-40-35-24-21-18-15-12-9-6-3)56-65-59(62)53-50-47-44-41-38-36-33-31-28-26-23-20-17-14-11-8-5-2/h16,19,21,24-28,33,36,41,44,58H,4-15,17-18,20,22-23,29-32,34-35,37-40,42-43,45-57H2,1-3H3/b19-16-,24-21-,27-25-,28-26-,36-33-,44-41-/t58-/m0/s1. The van der Waals surface area contributed by atoms with E-state index in [1.54, 1.807) is 0 Å². The van der Waals surface area contributed by atoms with E-state index in [9.17, 15) is 14.4 Å². The van der Waals surface area contributed by atoms with Crippen LogP contribution in [-0.4, -0.2) is 37.2 Å². The van der Waals surface area contributed by atoms with E-state index in [4.69, 9.17) is 14.2 Å². The fraction of sp³-hybridized carbons (Fsp3) is 0.754. The zero-order valence-corrected chi connectivity index (χ0v) is 44.2. The molecule has 67 heavy (non-hydrogen) atoms. The van der Waals surface area contributed by atoms with E-state index in [0.717, 1.165) is 77.0 Å². The minimum Gasteiger partial charge on any atom is -0.462 e. The van der Waals surface area contributed by atoms with Crippen LogP contribution in [0, 0.1) is 0 Å². The predicted octanol–water partition coefficient (Wildman–Crippen LogP) is 19.0. The van der Waals surface area contributed by atoms with Crippen LogP contribution in [0.4, 0.5) is 0 Å². The van der Waals surface area contributed by atoms with Crippen molar-refractivity contribution in [2.24, 2.45) is 0 Å². The van der Waals surface area contributed by atoms with Gasteiger partial charge in [-0.15, -0.1) is 0 Å². The normalized spacial score (nSPS) is 12.6. The third-order valence-electron chi connectivity index (χ3n) is 12.2. The lowest BCUT2D eigenvalue weighted by molar-refractivity contribution is -0.167. The molecule has 0 aliphatic rings. The Bertz CT molecular complexity index is 1260. The SMILES string of the molecule is CCCCC/C=C\C/C=C\CCCCCCCCCCCC(=O)OC[C@H](COC(=O)CCC/C=C\C/C=C\C/C=C\CCCCCCCC)OC(=O)CCCCCCC/C=C\CCCCCC. The van der Waals surface area contributed by atoms with Crippen LogP contribution in [0.5, 0.6) is 0 Å². The van der Waals surface area contributed by atoms with Gasteiger partial charge in [0.15, 0.2) is 6.10 Å². The molecule has 0 aromatic rings. The van der Waals surface area contributed by atoms with Gasteiger partial charge in [0.1, 0.15) is 13.2 Å². The van der Waals surface area contributed by atoms with Crippen LogP contribution in [0.25, 0.3) is 0 Å². The summed E-state index contributed by atoms with van der Waals surface area (Å²) in [6.45, 7) is 6.55. The van der Waals surface area contributed by atoms with Crippen molar-refractivity contribution < 1.29 is 28.6 Å². The molecule has 0 N–H and O–H groups in total. The number of esters is 3. The molecule has 0 fully saturated rings. The second-order valence-corrected chi connectivity index (χ2v) is 18.8. The molecule has 0 heterocycles. The number of ether oxygens (including phenoxy) is 3. The number of carbonyl (C=O) groups excluding carboxylic acids is 3. The molecule has 0 aromatic carbocycles. The Kier molecular flexibility index (Phi) is 52.8. The van der Waals surface area contributed by atoms with Crippen LogP contribution < -0.4 is 0 Å². The van der Waals surface area contributed by atoms with Crippen molar-refractivity contribution in [3.05, 3.63) is 72.9 Å². The Balaban J connectivity index is 4.43. The molecule has 0 radical (unpaired) electrons. The molecule has 0 amide bonds. The van der Waals surface area contributed by atoms with Gasteiger partial charge in [-0.05, 0) is 109 Å². The van der Waals surface area contributed by atoms with Gasteiger partial charge in [0.05, 0.1) is 0 Å². The first-order valence-electron chi connectivity index (χ1n) is 28.4. The number of unbranched alkanes of at least 4 members (excludes halogenated alkanes) is 28. The summed E-state index contributed by atoms with van der Waals surface area (Å²) in [6, 6.07) is 0. The zero-order chi connectivity index (χ0) is 48.6. The average Bonchev–Trinajstić information content (AvgIpc) is 3.33. The lowest BCUT2D eigenvalue weighted by Gasteiger charge is -2.18. The van der Waals surface area contributed by atoms with Gasteiger partial charge in [-0.3, -0.25) is 14.4 Å². The Morgan fingerprint density at radius 2 is 0.552 bits per heavy atom. The minimum absolute atomic E-state index is 0.0961. The molecule has 6 heteroatoms. The van der Waals surface area contributed by atoms with E-state index in [0.29, 0.717) is 19.3 Å². The first-order valence-corrected chi connectivity index (χ1v) is 28.4. The number of allylic oxidation sites excluding steroid dienone is 12.